The van der Waals surface area contributed by atoms with Crippen molar-refractivity contribution in [1.82, 2.24) is 9.55 Å². The Morgan fingerprint density at radius 2 is 2.08 bits per heavy atom. The molecule has 24 heavy (non-hydrogen) atoms. The molecular weight excluding hydrogens is 320 g/mol. The van der Waals surface area contributed by atoms with Gasteiger partial charge in [0.15, 0.2) is 5.16 Å². The minimum atomic E-state index is -0.219. The van der Waals surface area contributed by atoms with Crippen LogP contribution in [0.4, 0.5) is 0 Å². The molecule has 1 aromatic heterocycles. The van der Waals surface area contributed by atoms with E-state index in [1.807, 2.05) is 32.0 Å². The molecule has 0 unspecified atom stereocenters. The van der Waals surface area contributed by atoms with E-state index < -0.39 is 0 Å². The van der Waals surface area contributed by atoms with Crippen molar-refractivity contribution in [3.8, 4) is 12.1 Å². The Hall–Kier alpha value is -2.31. The largest absolute Gasteiger partial charge is 0.284 e. The van der Waals surface area contributed by atoms with Gasteiger partial charge in [-0.3, -0.25) is 9.36 Å². The van der Waals surface area contributed by atoms with Gasteiger partial charge in [-0.05, 0) is 31.9 Å². The van der Waals surface area contributed by atoms with Crippen molar-refractivity contribution in [2.24, 2.45) is 5.92 Å². The summed E-state index contributed by atoms with van der Waals surface area (Å²) < 4.78 is 1.73. The number of thioether (sulfide) groups is 1. The van der Waals surface area contributed by atoms with Crippen LogP contribution in [0.5, 0.6) is 0 Å². The zero-order valence-corrected chi connectivity index (χ0v) is 14.7. The van der Waals surface area contributed by atoms with Gasteiger partial charge in [-0.15, -0.1) is 0 Å². The van der Waals surface area contributed by atoms with E-state index in [9.17, 15) is 10.1 Å². The Kier molecular flexibility index (Phi) is 6.40. The number of fused-ring (bicyclic) bond motifs is 1. The number of nitriles is 2. The monoisotopic (exact) mass is 340 g/mol. The lowest BCUT2D eigenvalue weighted by atomic mass is 10.1. The normalized spacial score (nSPS) is 13.2. The van der Waals surface area contributed by atoms with Gasteiger partial charge in [-0.2, -0.15) is 10.5 Å². The Labute approximate surface area is 145 Å². The first kappa shape index (κ1) is 18.0. The third-order valence-corrected chi connectivity index (χ3v) is 5.12. The first-order valence-electron chi connectivity index (χ1n) is 8.03. The second-order valence-corrected chi connectivity index (χ2v) is 6.66. The molecule has 0 saturated carbocycles. The molecule has 2 atom stereocenters. The van der Waals surface area contributed by atoms with Gasteiger partial charge in [-0.1, -0.05) is 30.8 Å². The highest BCUT2D eigenvalue weighted by atomic mass is 32.2. The van der Waals surface area contributed by atoms with E-state index in [1.165, 1.54) is 11.8 Å². The zero-order valence-electron chi connectivity index (χ0n) is 13.9. The minimum absolute atomic E-state index is 0.0387. The summed E-state index contributed by atoms with van der Waals surface area (Å²) in [6.45, 7) is 4.03. The molecule has 0 radical (unpaired) electrons. The van der Waals surface area contributed by atoms with Gasteiger partial charge >= 0.3 is 0 Å². The van der Waals surface area contributed by atoms with E-state index in [0.29, 0.717) is 34.7 Å². The number of hydrogen-bond donors (Lipinski definition) is 0. The van der Waals surface area contributed by atoms with E-state index in [0.717, 1.165) is 6.42 Å². The lowest BCUT2D eigenvalue weighted by molar-refractivity contribution is 0.468. The molecule has 6 heteroatoms. The highest BCUT2D eigenvalue weighted by molar-refractivity contribution is 7.99. The molecular formula is C18H20N4OS. The van der Waals surface area contributed by atoms with E-state index in [4.69, 9.17) is 5.26 Å². The molecule has 1 heterocycles. The molecule has 0 N–H and O–H groups in total. The number of rotatable bonds is 7. The van der Waals surface area contributed by atoms with Crippen LogP contribution < -0.4 is 5.56 Å². The third kappa shape index (κ3) is 3.96. The minimum Gasteiger partial charge on any atom is -0.284 e. The van der Waals surface area contributed by atoms with E-state index >= 15 is 0 Å². The first-order chi connectivity index (χ1) is 11.6. The van der Waals surface area contributed by atoms with Crippen LogP contribution in [0.3, 0.4) is 0 Å². The first-order valence-corrected chi connectivity index (χ1v) is 9.01. The summed E-state index contributed by atoms with van der Waals surface area (Å²) in [5.41, 5.74) is 0.637. The second kappa shape index (κ2) is 8.52. The summed E-state index contributed by atoms with van der Waals surface area (Å²) in [4.78, 5) is 17.5. The highest BCUT2D eigenvalue weighted by Crippen LogP contribution is 2.25. The summed E-state index contributed by atoms with van der Waals surface area (Å²) in [6, 6.07) is 11.7. The summed E-state index contributed by atoms with van der Waals surface area (Å²) in [7, 11) is 0. The lowest BCUT2D eigenvalue weighted by Crippen LogP contribution is -2.26. The van der Waals surface area contributed by atoms with Crippen LogP contribution in [0.2, 0.25) is 0 Å². The van der Waals surface area contributed by atoms with Crippen molar-refractivity contribution in [2.75, 3.05) is 5.75 Å². The maximum absolute atomic E-state index is 12.8. The highest BCUT2D eigenvalue weighted by Gasteiger charge is 2.17. The number of aromatic nitrogens is 2. The van der Waals surface area contributed by atoms with Crippen LogP contribution in [0.15, 0.2) is 34.2 Å². The quantitative estimate of drug-likeness (QED) is 0.564. The Bertz CT molecular complexity index is 847. The zero-order chi connectivity index (χ0) is 17.5. The van der Waals surface area contributed by atoms with Crippen LogP contribution in [-0.4, -0.2) is 15.3 Å². The third-order valence-electron chi connectivity index (χ3n) is 4.01. The fourth-order valence-electron chi connectivity index (χ4n) is 2.40. The lowest BCUT2D eigenvalue weighted by Gasteiger charge is -2.18. The van der Waals surface area contributed by atoms with Crippen LogP contribution in [0.1, 0.15) is 39.2 Å². The predicted molar refractivity (Wildman–Crippen MR) is 95.7 cm³/mol. The van der Waals surface area contributed by atoms with Crippen molar-refractivity contribution in [3.63, 3.8) is 0 Å². The Morgan fingerprint density at radius 3 is 2.75 bits per heavy atom. The maximum Gasteiger partial charge on any atom is 0.262 e. The molecule has 0 aliphatic heterocycles. The molecule has 124 valence electrons. The molecule has 0 saturated heterocycles. The molecule has 2 aromatic rings. The smallest absolute Gasteiger partial charge is 0.262 e. The summed E-state index contributed by atoms with van der Waals surface area (Å²) in [5, 5.41) is 19.2. The summed E-state index contributed by atoms with van der Waals surface area (Å²) in [6.07, 6.45) is 1.73. The van der Waals surface area contributed by atoms with Crippen molar-refractivity contribution in [3.05, 3.63) is 34.6 Å². The SMILES string of the molecule is CC[C@@H](C)n1c(SC[C@@H](C#N)CCC#N)nc2ccccc2c1=O. The number of nitrogens with zero attached hydrogens (tertiary/aromatic N) is 4. The van der Waals surface area contributed by atoms with Crippen molar-refractivity contribution in [1.29, 1.82) is 10.5 Å². The van der Waals surface area contributed by atoms with Crippen molar-refractivity contribution in [2.45, 2.75) is 44.3 Å². The number of hydrogen-bond acceptors (Lipinski definition) is 5. The van der Waals surface area contributed by atoms with Gasteiger partial charge < -0.3 is 0 Å². The van der Waals surface area contributed by atoms with Gasteiger partial charge in [0.1, 0.15) is 0 Å². The Balaban J connectivity index is 2.39. The molecule has 0 spiro atoms. The van der Waals surface area contributed by atoms with E-state index in [2.05, 4.69) is 17.1 Å². The van der Waals surface area contributed by atoms with Crippen LogP contribution in [0, 0.1) is 28.6 Å². The summed E-state index contributed by atoms with van der Waals surface area (Å²) in [5.74, 6) is 0.308. The van der Waals surface area contributed by atoms with Gasteiger partial charge in [0.25, 0.3) is 5.56 Å². The molecule has 0 fully saturated rings. The Morgan fingerprint density at radius 1 is 1.33 bits per heavy atom. The molecule has 1 aromatic carbocycles. The molecule has 0 bridgehead atoms. The fraction of sp³-hybridized carbons (Fsp3) is 0.444. The number of para-hydroxylation sites is 1. The topological polar surface area (TPSA) is 82.5 Å². The van der Waals surface area contributed by atoms with Crippen molar-refractivity contribution >= 4 is 22.7 Å². The van der Waals surface area contributed by atoms with Crippen molar-refractivity contribution < 1.29 is 0 Å². The van der Waals surface area contributed by atoms with E-state index in [-0.39, 0.29) is 17.5 Å². The standard InChI is InChI=1S/C18H20N4OS/c1-3-13(2)22-17(23)15-8-4-5-9-16(15)21-18(22)24-12-14(11-20)7-6-10-19/h4-5,8-9,13-14H,3,6-7,12H2,1-2H3/t13-,14-/m1/s1. The average molecular weight is 340 g/mol. The van der Waals surface area contributed by atoms with Gasteiger partial charge in [0, 0.05) is 18.2 Å². The summed E-state index contributed by atoms with van der Waals surface area (Å²) >= 11 is 1.42. The molecule has 5 nitrogen and oxygen atoms in total. The maximum atomic E-state index is 12.8. The van der Waals surface area contributed by atoms with Gasteiger partial charge in [-0.25, -0.2) is 4.98 Å². The molecule has 0 aliphatic carbocycles. The van der Waals surface area contributed by atoms with Crippen LogP contribution >= 0.6 is 11.8 Å². The molecule has 2 rings (SSSR count). The predicted octanol–water partition coefficient (Wildman–Crippen LogP) is 3.90. The van der Waals surface area contributed by atoms with E-state index in [1.54, 1.807) is 10.6 Å². The average Bonchev–Trinajstić information content (AvgIpc) is 2.61. The van der Waals surface area contributed by atoms with Gasteiger partial charge in [0.05, 0.1) is 29.0 Å². The molecule has 0 amide bonds. The number of benzene rings is 1. The van der Waals surface area contributed by atoms with Gasteiger partial charge in [0.2, 0.25) is 0 Å². The van der Waals surface area contributed by atoms with Crippen LogP contribution in [0.25, 0.3) is 10.9 Å². The second-order valence-electron chi connectivity index (χ2n) is 5.68. The fourth-order valence-corrected chi connectivity index (χ4v) is 3.55. The van der Waals surface area contributed by atoms with Crippen LogP contribution in [-0.2, 0) is 0 Å². The molecule has 0 aliphatic rings.